The van der Waals surface area contributed by atoms with Crippen molar-refractivity contribution in [1.82, 2.24) is 0 Å². The van der Waals surface area contributed by atoms with Crippen molar-refractivity contribution >= 4 is 5.78 Å². The largest absolute Gasteiger partial charge is 0.379 e. The molecule has 1 rings (SSSR count). The third kappa shape index (κ3) is 19.6. The van der Waals surface area contributed by atoms with Crippen molar-refractivity contribution in [3.05, 3.63) is 0 Å². The molecular weight excluding hydrogens is 327 g/mol. The van der Waals surface area contributed by atoms with Crippen molar-refractivity contribution in [1.29, 1.82) is 0 Å². The van der Waals surface area contributed by atoms with Crippen LogP contribution < -0.4 is 0 Å². The fraction of sp³-hybridized carbons (Fsp3) is 0.947. The monoisotopic (exact) mass is 364 g/mol. The Morgan fingerprint density at radius 1 is 0.960 bits per heavy atom. The molecule has 6 heteroatoms. The molecule has 1 aliphatic carbocycles. The van der Waals surface area contributed by atoms with Gasteiger partial charge in [0.2, 0.25) is 0 Å². The van der Waals surface area contributed by atoms with E-state index in [0.717, 1.165) is 6.42 Å². The van der Waals surface area contributed by atoms with Gasteiger partial charge in [-0.15, -0.1) is 0 Å². The van der Waals surface area contributed by atoms with E-state index in [1.165, 1.54) is 32.1 Å². The van der Waals surface area contributed by atoms with Crippen LogP contribution in [0, 0.1) is 5.92 Å². The summed E-state index contributed by atoms with van der Waals surface area (Å²) < 4.78 is 27.2. The molecule has 5 nitrogen and oxygen atoms in total. The summed E-state index contributed by atoms with van der Waals surface area (Å²) in [6, 6.07) is 0. The van der Waals surface area contributed by atoms with Crippen molar-refractivity contribution < 1.29 is 28.5 Å². The smallest absolute Gasteiger partial charge is 0.132 e. The van der Waals surface area contributed by atoms with Gasteiger partial charge >= 0.3 is 0 Å². The number of carbonyl (C=O) groups excluding carboxylic acids is 1. The lowest BCUT2D eigenvalue weighted by Gasteiger charge is -2.21. The first kappa shape index (κ1) is 24.4. The van der Waals surface area contributed by atoms with Crippen LogP contribution in [0.25, 0.3) is 0 Å². The standard InChI is InChI=1S/C14H26O4.C5H11FO/c1-13(15)7-8-16-9-10-17-11-12-18-14-5-3-2-4-6-14;1-5(2)3-4-7-6/h14H,2-12H2,1H3;5H,3-4H2,1-2H3. The highest BCUT2D eigenvalue weighted by Crippen LogP contribution is 2.19. The molecule has 1 aliphatic rings. The lowest BCUT2D eigenvalue weighted by atomic mass is 9.98. The SMILES string of the molecule is CC(=O)CCOCCOCCOC1CCCCC1.CC(C)CCOF. The summed E-state index contributed by atoms with van der Waals surface area (Å²) in [6.07, 6.45) is 8.11. The molecule has 0 atom stereocenters. The molecule has 0 heterocycles. The summed E-state index contributed by atoms with van der Waals surface area (Å²) in [7, 11) is 0. The highest BCUT2D eigenvalue weighted by atomic mass is 19.3. The summed E-state index contributed by atoms with van der Waals surface area (Å²) in [6.45, 7) is 8.79. The Labute approximate surface area is 152 Å². The molecule has 0 aromatic heterocycles. The molecular formula is C19H37FO5. The molecule has 0 bridgehead atoms. The maximum absolute atomic E-state index is 10.9. The Morgan fingerprint density at radius 3 is 2.08 bits per heavy atom. The molecule has 0 saturated heterocycles. The average molecular weight is 364 g/mol. The van der Waals surface area contributed by atoms with Gasteiger partial charge in [-0.3, -0.25) is 4.79 Å². The van der Waals surface area contributed by atoms with Gasteiger partial charge in [0.05, 0.1) is 45.7 Å². The Hall–Kier alpha value is -0.560. The molecule has 0 N–H and O–H groups in total. The summed E-state index contributed by atoms with van der Waals surface area (Å²) in [5.74, 6) is 0.701. The Balaban J connectivity index is 0.000000697. The topological polar surface area (TPSA) is 54.0 Å². The predicted octanol–water partition coefficient (Wildman–Crippen LogP) is 4.28. The van der Waals surface area contributed by atoms with Gasteiger partial charge in [0.1, 0.15) is 5.78 Å². The average Bonchev–Trinajstić information content (AvgIpc) is 2.59. The zero-order chi connectivity index (χ0) is 18.8. The maximum atomic E-state index is 10.9. The van der Waals surface area contributed by atoms with E-state index in [0.29, 0.717) is 51.5 Å². The third-order valence-electron chi connectivity index (χ3n) is 3.88. The van der Waals surface area contributed by atoms with E-state index in [9.17, 15) is 9.32 Å². The number of carbonyl (C=O) groups is 1. The van der Waals surface area contributed by atoms with Crippen LogP contribution >= 0.6 is 0 Å². The van der Waals surface area contributed by atoms with Crippen LogP contribution in [-0.2, 0) is 23.9 Å². The number of Topliss-reactive ketones (excluding diaryl/α,β-unsaturated/α-hetero) is 1. The number of ether oxygens (including phenoxy) is 3. The highest BCUT2D eigenvalue weighted by molar-refractivity contribution is 5.75. The van der Waals surface area contributed by atoms with Crippen LogP contribution in [0.3, 0.4) is 0 Å². The molecule has 0 amide bonds. The number of hydrogen-bond donors (Lipinski definition) is 0. The highest BCUT2D eigenvalue weighted by Gasteiger charge is 2.12. The van der Waals surface area contributed by atoms with E-state index in [-0.39, 0.29) is 12.4 Å². The fourth-order valence-electron chi connectivity index (χ4n) is 2.32. The Bertz CT molecular complexity index is 294. The van der Waals surface area contributed by atoms with Crippen molar-refractivity contribution in [2.75, 3.05) is 39.6 Å². The van der Waals surface area contributed by atoms with E-state index >= 15 is 0 Å². The molecule has 0 aliphatic heterocycles. The fourth-order valence-corrected chi connectivity index (χ4v) is 2.32. The second-order valence-corrected chi connectivity index (χ2v) is 6.80. The van der Waals surface area contributed by atoms with Gasteiger partial charge in [-0.2, -0.15) is 4.94 Å². The van der Waals surface area contributed by atoms with Gasteiger partial charge in [-0.05, 0) is 36.6 Å². The van der Waals surface area contributed by atoms with Crippen LogP contribution in [0.5, 0.6) is 0 Å². The van der Waals surface area contributed by atoms with Crippen molar-refractivity contribution in [3.8, 4) is 0 Å². The third-order valence-corrected chi connectivity index (χ3v) is 3.88. The molecule has 0 unspecified atom stereocenters. The van der Waals surface area contributed by atoms with E-state index in [2.05, 4.69) is 4.94 Å². The first-order valence-corrected chi connectivity index (χ1v) is 9.56. The summed E-state index contributed by atoms with van der Waals surface area (Å²) in [4.78, 5) is 14.0. The zero-order valence-corrected chi connectivity index (χ0v) is 16.3. The second kappa shape index (κ2) is 18.2. The van der Waals surface area contributed by atoms with Gasteiger partial charge in [-0.25, -0.2) is 0 Å². The van der Waals surface area contributed by atoms with E-state index in [4.69, 9.17) is 14.2 Å². The normalized spacial score (nSPS) is 15.1. The molecule has 1 saturated carbocycles. The molecule has 0 aromatic carbocycles. The Kier molecular flexibility index (Phi) is 17.8. The van der Waals surface area contributed by atoms with Gasteiger partial charge in [0.25, 0.3) is 0 Å². The number of rotatable bonds is 13. The molecule has 0 aromatic rings. The van der Waals surface area contributed by atoms with Crippen molar-refractivity contribution in [3.63, 3.8) is 0 Å². The van der Waals surface area contributed by atoms with Crippen LogP contribution in [0.2, 0.25) is 0 Å². The second-order valence-electron chi connectivity index (χ2n) is 6.80. The number of hydrogen-bond acceptors (Lipinski definition) is 5. The van der Waals surface area contributed by atoms with E-state index in [1.54, 1.807) is 6.92 Å². The molecule has 0 spiro atoms. The zero-order valence-electron chi connectivity index (χ0n) is 16.3. The lowest BCUT2D eigenvalue weighted by Crippen LogP contribution is -2.19. The summed E-state index contributed by atoms with van der Waals surface area (Å²) in [5, 5.41) is 0. The molecule has 0 radical (unpaired) electrons. The van der Waals surface area contributed by atoms with E-state index < -0.39 is 0 Å². The lowest BCUT2D eigenvalue weighted by molar-refractivity contribution is -0.134. The minimum atomic E-state index is 0.164. The molecule has 150 valence electrons. The summed E-state index contributed by atoms with van der Waals surface area (Å²) >= 11 is 0. The van der Waals surface area contributed by atoms with Crippen molar-refractivity contribution in [2.24, 2.45) is 5.92 Å². The van der Waals surface area contributed by atoms with Gasteiger partial charge in [0.15, 0.2) is 0 Å². The predicted molar refractivity (Wildman–Crippen MR) is 96.3 cm³/mol. The minimum Gasteiger partial charge on any atom is -0.379 e. The van der Waals surface area contributed by atoms with Crippen LogP contribution in [-0.4, -0.2) is 51.5 Å². The van der Waals surface area contributed by atoms with Gasteiger partial charge in [-0.1, -0.05) is 33.1 Å². The quantitative estimate of drug-likeness (QED) is 0.457. The van der Waals surface area contributed by atoms with Gasteiger partial charge < -0.3 is 14.2 Å². The number of halogens is 1. The van der Waals surface area contributed by atoms with E-state index in [1.807, 2.05) is 13.8 Å². The molecule has 25 heavy (non-hydrogen) atoms. The first-order valence-electron chi connectivity index (χ1n) is 9.56. The molecule has 1 fully saturated rings. The Morgan fingerprint density at radius 2 is 1.56 bits per heavy atom. The summed E-state index contributed by atoms with van der Waals surface area (Å²) in [5.41, 5.74) is 0. The first-order chi connectivity index (χ1) is 12.1. The van der Waals surface area contributed by atoms with Crippen LogP contribution in [0.4, 0.5) is 4.53 Å². The minimum absolute atomic E-state index is 0.164. The maximum Gasteiger partial charge on any atom is 0.132 e. The van der Waals surface area contributed by atoms with Crippen LogP contribution in [0.15, 0.2) is 0 Å². The number of ketones is 1. The van der Waals surface area contributed by atoms with Gasteiger partial charge in [0, 0.05) is 6.42 Å². The van der Waals surface area contributed by atoms with Crippen LogP contribution in [0.1, 0.15) is 65.7 Å². The van der Waals surface area contributed by atoms with Crippen molar-refractivity contribution in [2.45, 2.75) is 71.8 Å².